The first kappa shape index (κ1) is 30.0. The third-order valence-corrected chi connectivity index (χ3v) is 6.22. The average Bonchev–Trinajstić information content (AvgIpc) is 2.90. The zero-order chi connectivity index (χ0) is 26.9. The number of hydrogen-bond acceptors (Lipinski definition) is 5. The monoisotopic (exact) mass is 511 g/mol. The van der Waals surface area contributed by atoms with E-state index in [1.165, 1.54) is 0 Å². The molecule has 0 aliphatic rings. The van der Waals surface area contributed by atoms with Crippen LogP contribution in [0.4, 0.5) is 0 Å². The van der Waals surface area contributed by atoms with Crippen LogP contribution < -0.4 is 16.1 Å². The summed E-state index contributed by atoms with van der Waals surface area (Å²) in [6.07, 6.45) is 5.96. The Bertz CT molecular complexity index is 967. The van der Waals surface area contributed by atoms with Gasteiger partial charge in [-0.3, -0.25) is 24.5 Å². The average molecular weight is 512 g/mol. The maximum absolute atomic E-state index is 12.5. The molecule has 8 heteroatoms. The van der Waals surface area contributed by atoms with Crippen LogP contribution in [-0.4, -0.2) is 36.0 Å². The van der Waals surface area contributed by atoms with Crippen molar-refractivity contribution in [1.82, 2.24) is 16.1 Å². The van der Waals surface area contributed by atoms with Crippen molar-refractivity contribution >= 4 is 17.8 Å². The molecule has 0 heterocycles. The van der Waals surface area contributed by atoms with E-state index in [0.717, 1.165) is 44.1 Å². The maximum Gasteiger partial charge on any atom is 0.325 e. The quantitative estimate of drug-likeness (QED) is 0.169. The minimum atomic E-state index is -0.956. The molecule has 2 amide bonds. The van der Waals surface area contributed by atoms with Gasteiger partial charge in [0, 0.05) is 25.1 Å². The highest BCUT2D eigenvalue weighted by molar-refractivity contribution is 5.94. The van der Waals surface area contributed by atoms with Crippen LogP contribution in [0, 0.1) is 5.92 Å². The van der Waals surface area contributed by atoms with Gasteiger partial charge in [0.1, 0.15) is 6.04 Å². The number of unbranched alkanes of at least 4 members (excludes halogenated alkanes) is 2. The third-order valence-electron chi connectivity index (χ3n) is 6.22. The van der Waals surface area contributed by atoms with Crippen molar-refractivity contribution < 1.29 is 24.3 Å². The van der Waals surface area contributed by atoms with Gasteiger partial charge in [0.15, 0.2) is 0 Å². The second-order valence-corrected chi connectivity index (χ2v) is 9.23. The molecule has 2 aromatic rings. The summed E-state index contributed by atoms with van der Waals surface area (Å²) in [6, 6.07) is 15.3. The van der Waals surface area contributed by atoms with Crippen molar-refractivity contribution in [2.75, 3.05) is 13.2 Å². The Hall–Kier alpha value is -3.23. The minimum absolute atomic E-state index is 0.113. The van der Waals surface area contributed by atoms with Gasteiger partial charge in [0.25, 0.3) is 5.91 Å². The van der Waals surface area contributed by atoms with Gasteiger partial charge >= 0.3 is 5.97 Å². The minimum Gasteiger partial charge on any atom is -0.480 e. The number of carbonyl (C=O) groups excluding carboxylic acids is 2. The number of hydroxylamine groups is 1. The summed E-state index contributed by atoms with van der Waals surface area (Å²) in [4.78, 5) is 41.5. The number of nitrogens with one attached hydrogen (secondary N) is 3. The van der Waals surface area contributed by atoms with Crippen molar-refractivity contribution in [2.24, 2.45) is 5.92 Å². The summed E-state index contributed by atoms with van der Waals surface area (Å²) >= 11 is 0. The summed E-state index contributed by atoms with van der Waals surface area (Å²) < 4.78 is 0. The van der Waals surface area contributed by atoms with Gasteiger partial charge in [-0.15, -0.1) is 0 Å². The standard InChI is InChI=1S/C29H41N3O5/c1-3-12-22(4-2)21-37-32-26(33)17-9-6-10-18-30-28(34)25-16-11-13-23(19-25)20-31-27(29(35)36)24-14-7-5-8-15-24/h5,7-8,11,13-16,19,22,27,31H,3-4,6,9-10,12,17-18,20-21H2,1-2H3,(H,30,34)(H,32,33)(H,35,36)/t22?,27-/m0/s1. The lowest BCUT2D eigenvalue weighted by Crippen LogP contribution is -2.28. The van der Waals surface area contributed by atoms with Gasteiger partial charge in [0.05, 0.1) is 6.61 Å². The molecule has 0 aliphatic carbocycles. The van der Waals surface area contributed by atoms with E-state index in [9.17, 15) is 19.5 Å². The van der Waals surface area contributed by atoms with Crippen LogP contribution in [-0.2, 0) is 21.0 Å². The summed E-state index contributed by atoms with van der Waals surface area (Å²) in [6.45, 7) is 5.65. The molecule has 2 aromatic carbocycles. The van der Waals surface area contributed by atoms with Gasteiger partial charge in [-0.05, 0) is 48.4 Å². The largest absolute Gasteiger partial charge is 0.480 e. The van der Waals surface area contributed by atoms with Crippen molar-refractivity contribution in [3.8, 4) is 0 Å². The van der Waals surface area contributed by atoms with Crippen LogP contribution in [0.5, 0.6) is 0 Å². The molecule has 2 rings (SSSR count). The van der Waals surface area contributed by atoms with Crippen LogP contribution in [0.25, 0.3) is 0 Å². The lowest BCUT2D eigenvalue weighted by molar-refractivity contribution is -0.139. The second kappa shape index (κ2) is 17.3. The van der Waals surface area contributed by atoms with Crippen LogP contribution in [0.2, 0.25) is 0 Å². The molecule has 8 nitrogen and oxygen atoms in total. The molecule has 0 bridgehead atoms. The Kier molecular flexibility index (Phi) is 14.0. The topological polar surface area (TPSA) is 117 Å². The third kappa shape index (κ3) is 11.6. The van der Waals surface area contributed by atoms with Crippen molar-refractivity contribution in [3.05, 3.63) is 71.3 Å². The zero-order valence-corrected chi connectivity index (χ0v) is 22.0. The van der Waals surface area contributed by atoms with E-state index in [2.05, 4.69) is 30.0 Å². The second-order valence-electron chi connectivity index (χ2n) is 9.23. The van der Waals surface area contributed by atoms with Crippen molar-refractivity contribution in [2.45, 2.75) is 71.4 Å². The number of amides is 2. The number of carboxylic acid groups (broad SMARTS) is 1. The number of carboxylic acids is 1. The van der Waals surface area contributed by atoms with Gasteiger partial charge in [-0.25, -0.2) is 5.48 Å². The van der Waals surface area contributed by atoms with Gasteiger partial charge in [-0.2, -0.15) is 0 Å². The van der Waals surface area contributed by atoms with Gasteiger partial charge in [0.2, 0.25) is 5.91 Å². The highest BCUT2D eigenvalue weighted by Crippen LogP contribution is 2.15. The van der Waals surface area contributed by atoms with E-state index >= 15 is 0 Å². The Balaban J connectivity index is 1.66. The highest BCUT2D eigenvalue weighted by Gasteiger charge is 2.18. The first-order valence-corrected chi connectivity index (χ1v) is 13.2. The molecule has 0 radical (unpaired) electrons. The molecule has 2 atom stereocenters. The number of carbonyl (C=O) groups is 3. The Morgan fingerprint density at radius 2 is 1.76 bits per heavy atom. The Labute approximate surface area is 220 Å². The maximum atomic E-state index is 12.5. The molecule has 4 N–H and O–H groups in total. The highest BCUT2D eigenvalue weighted by atomic mass is 16.6. The first-order chi connectivity index (χ1) is 17.9. The lowest BCUT2D eigenvalue weighted by Gasteiger charge is -2.15. The summed E-state index contributed by atoms with van der Waals surface area (Å²) in [7, 11) is 0. The fraction of sp³-hybridized carbons (Fsp3) is 0.483. The van der Waals surface area contributed by atoms with E-state index in [1.807, 2.05) is 12.1 Å². The molecular formula is C29H41N3O5. The molecule has 1 unspecified atom stereocenters. The molecule has 0 saturated heterocycles. The number of rotatable bonds is 18. The fourth-order valence-electron chi connectivity index (χ4n) is 4.03. The van der Waals surface area contributed by atoms with Crippen molar-refractivity contribution in [3.63, 3.8) is 0 Å². The fourth-order valence-corrected chi connectivity index (χ4v) is 4.03. The van der Waals surface area contributed by atoms with Crippen LogP contribution >= 0.6 is 0 Å². The lowest BCUT2D eigenvalue weighted by atomic mass is 10.0. The predicted molar refractivity (Wildman–Crippen MR) is 144 cm³/mol. The van der Waals surface area contributed by atoms with Crippen molar-refractivity contribution in [1.29, 1.82) is 0 Å². The predicted octanol–water partition coefficient (Wildman–Crippen LogP) is 4.77. The molecule has 202 valence electrons. The van der Waals surface area contributed by atoms with E-state index in [-0.39, 0.29) is 11.8 Å². The number of benzene rings is 2. The summed E-state index contributed by atoms with van der Waals surface area (Å²) in [5.41, 5.74) is 4.55. The molecule has 0 aromatic heterocycles. The molecule has 0 saturated carbocycles. The molecule has 37 heavy (non-hydrogen) atoms. The van der Waals surface area contributed by atoms with E-state index in [0.29, 0.717) is 43.2 Å². The first-order valence-electron chi connectivity index (χ1n) is 13.2. The summed E-state index contributed by atoms with van der Waals surface area (Å²) in [5.74, 6) is -0.773. The smallest absolute Gasteiger partial charge is 0.325 e. The molecular weight excluding hydrogens is 470 g/mol. The van der Waals surface area contributed by atoms with Crippen LogP contribution in [0.15, 0.2) is 54.6 Å². The Morgan fingerprint density at radius 1 is 0.973 bits per heavy atom. The van der Waals surface area contributed by atoms with E-state index in [1.54, 1.807) is 42.5 Å². The molecule has 0 fully saturated rings. The normalized spacial score (nSPS) is 12.5. The Morgan fingerprint density at radius 3 is 2.46 bits per heavy atom. The summed E-state index contributed by atoms with van der Waals surface area (Å²) in [5, 5.41) is 15.5. The number of aliphatic carboxylic acids is 1. The van der Waals surface area contributed by atoms with Crippen LogP contribution in [0.3, 0.4) is 0 Å². The van der Waals surface area contributed by atoms with E-state index in [4.69, 9.17) is 4.84 Å². The number of hydrogen-bond donors (Lipinski definition) is 4. The SMILES string of the molecule is CCCC(CC)CONC(=O)CCCCCNC(=O)c1cccc(CN[C@H](C(=O)O)c2ccccc2)c1. The van der Waals surface area contributed by atoms with Gasteiger partial charge in [-0.1, -0.05) is 75.6 Å². The molecule has 0 spiro atoms. The van der Waals surface area contributed by atoms with Crippen LogP contribution in [0.1, 0.15) is 86.3 Å². The van der Waals surface area contributed by atoms with Gasteiger partial charge < -0.3 is 10.4 Å². The molecule has 0 aliphatic heterocycles. The van der Waals surface area contributed by atoms with E-state index < -0.39 is 12.0 Å². The zero-order valence-electron chi connectivity index (χ0n) is 22.0.